The molecule has 2 aromatic rings. The molecule has 2 rings (SSSR count). The molecule has 0 saturated heterocycles. The van der Waals surface area contributed by atoms with Crippen LogP contribution in [0, 0.1) is 6.92 Å². The van der Waals surface area contributed by atoms with Gasteiger partial charge >= 0.3 is 0 Å². The number of ether oxygens (including phenoxy) is 1. The minimum Gasteiger partial charge on any atom is -0.588 e. The van der Waals surface area contributed by atoms with E-state index in [9.17, 15) is 9.35 Å². The second-order valence-corrected chi connectivity index (χ2v) is 6.12. The first-order valence-electron chi connectivity index (χ1n) is 6.42. The van der Waals surface area contributed by atoms with Gasteiger partial charge in [0.2, 0.25) is 0 Å². The van der Waals surface area contributed by atoms with Gasteiger partial charge in [-0.25, -0.2) is 0 Å². The number of hydrogen-bond donors (Lipinski definition) is 0. The summed E-state index contributed by atoms with van der Waals surface area (Å²) < 4.78 is 19.3. The number of carbonyl (C=O) groups excluding carboxylic acids is 1. The number of benzene rings is 2. The van der Waals surface area contributed by atoms with Gasteiger partial charge in [-0.2, -0.15) is 4.31 Å². The molecule has 2 aromatic carbocycles. The van der Waals surface area contributed by atoms with E-state index >= 15 is 0 Å². The number of carbonyl (C=O) groups is 1. The fourth-order valence-corrected chi connectivity index (χ4v) is 2.91. The van der Waals surface area contributed by atoms with Crippen molar-refractivity contribution in [2.45, 2.75) is 11.8 Å². The highest BCUT2D eigenvalue weighted by molar-refractivity contribution is 7.92. The predicted molar refractivity (Wildman–Crippen MR) is 84.4 cm³/mol. The van der Waals surface area contributed by atoms with Gasteiger partial charge in [0.05, 0.1) is 25.4 Å². The van der Waals surface area contributed by atoms with Crippen LogP contribution in [0.1, 0.15) is 15.9 Å². The molecule has 0 radical (unpaired) electrons. The van der Waals surface area contributed by atoms with Gasteiger partial charge in [0.15, 0.2) is 11.2 Å². The monoisotopic (exact) mass is 303 g/mol. The van der Waals surface area contributed by atoms with E-state index < -0.39 is 11.4 Å². The van der Waals surface area contributed by atoms with Crippen molar-refractivity contribution in [3.8, 4) is 5.75 Å². The molecule has 1 atom stereocenters. The van der Waals surface area contributed by atoms with E-state index in [-0.39, 0.29) is 0 Å². The Morgan fingerprint density at radius 1 is 1.19 bits per heavy atom. The average Bonchev–Trinajstić information content (AvgIpc) is 2.53. The highest BCUT2D eigenvalue weighted by atomic mass is 32.2. The largest absolute Gasteiger partial charge is 0.588 e. The van der Waals surface area contributed by atoms with Crippen LogP contribution in [-0.2, 0) is 11.4 Å². The molecule has 21 heavy (non-hydrogen) atoms. The highest BCUT2D eigenvalue weighted by Crippen LogP contribution is 2.27. The molecule has 110 valence electrons. The standard InChI is InChI=1S/C16H17NO3S/c1-12-4-7-15(8-5-12)21(19)17(2)14-6-9-16(20-3)13(10-14)11-18/h4-11H,1-3H3. The van der Waals surface area contributed by atoms with Crippen LogP contribution in [0.2, 0.25) is 0 Å². The molecule has 5 heteroatoms. The van der Waals surface area contributed by atoms with E-state index in [0.29, 0.717) is 21.9 Å². The minimum atomic E-state index is -1.33. The van der Waals surface area contributed by atoms with Crippen molar-refractivity contribution in [2.24, 2.45) is 0 Å². The molecule has 1 unspecified atom stereocenters. The summed E-state index contributed by atoms with van der Waals surface area (Å²) in [5, 5.41) is 0. The Labute approximate surface area is 127 Å². The molecule has 0 aliphatic rings. The Bertz CT molecular complexity index is 628. The summed E-state index contributed by atoms with van der Waals surface area (Å²) in [5.74, 6) is 0.503. The van der Waals surface area contributed by atoms with Crippen molar-refractivity contribution >= 4 is 23.3 Å². The number of methoxy groups -OCH3 is 1. The molecule has 0 saturated carbocycles. The van der Waals surface area contributed by atoms with Gasteiger partial charge in [0.1, 0.15) is 17.1 Å². The van der Waals surface area contributed by atoms with Crippen LogP contribution in [0.15, 0.2) is 47.4 Å². The average molecular weight is 303 g/mol. The zero-order valence-corrected chi connectivity index (χ0v) is 13.0. The van der Waals surface area contributed by atoms with E-state index in [2.05, 4.69) is 0 Å². The Kier molecular flexibility index (Phi) is 4.88. The number of nitrogens with zero attached hydrogens (tertiary/aromatic N) is 1. The maximum atomic E-state index is 12.5. The molecule has 0 N–H and O–H groups in total. The molecule has 0 aromatic heterocycles. The van der Waals surface area contributed by atoms with Crippen LogP contribution in [0.25, 0.3) is 0 Å². The van der Waals surface area contributed by atoms with Gasteiger partial charge in [-0.05, 0) is 37.3 Å². The number of rotatable bonds is 5. The topological polar surface area (TPSA) is 52.6 Å². The van der Waals surface area contributed by atoms with Crippen molar-refractivity contribution in [3.05, 3.63) is 53.6 Å². The SMILES string of the molecule is COc1ccc(N(C)[S+]([O-])c2ccc(C)cc2)cc1C=O. The number of aldehydes is 1. The summed E-state index contributed by atoms with van der Waals surface area (Å²) in [5.41, 5.74) is 2.24. The molecule has 0 spiro atoms. The first-order valence-corrected chi connectivity index (χ1v) is 7.53. The van der Waals surface area contributed by atoms with Crippen LogP contribution in [0.3, 0.4) is 0 Å². The molecule has 0 aliphatic heterocycles. The maximum Gasteiger partial charge on any atom is 0.180 e. The molecule has 0 aliphatic carbocycles. The van der Waals surface area contributed by atoms with Gasteiger partial charge in [-0.3, -0.25) is 4.79 Å². The first kappa shape index (κ1) is 15.4. The predicted octanol–water partition coefficient (Wildman–Crippen LogP) is 2.98. The van der Waals surface area contributed by atoms with E-state index in [1.54, 1.807) is 29.6 Å². The van der Waals surface area contributed by atoms with E-state index in [1.807, 2.05) is 31.2 Å². The second kappa shape index (κ2) is 6.65. The van der Waals surface area contributed by atoms with E-state index in [4.69, 9.17) is 4.74 Å². The molecule has 0 fully saturated rings. The van der Waals surface area contributed by atoms with Gasteiger partial charge < -0.3 is 9.29 Å². The smallest absolute Gasteiger partial charge is 0.180 e. The van der Waals surface area contributed by atoms with Crippen LogP contribution >= 0.6 is 0 Å². The summed E-state index contributed by atoms with van der Waals surface area (Å²) in [7, 11) is 3.24. The first-order chi connectivity index (χ1) is 10.1. The zero-order chi connectivity index (χ0) is 15.4. The molecular formula is C16H17NO3S. The van der Waals surface area contributed by atoms with E-state index in [1.165, 1.54) is 7.11 Å². The molecular weight excluding hydrogens is 286 g/mol. The lowest BCUT2D eigenvalue weighted by Crippen LogP contribution is -2.26. The van der Waals surface area contributed by atoms with Crippen molar-refractivity contribution in [3.63, 3.8) is 0 Å². The van der Waals surface area contributed by atoms with Crippen LogP contribution in [0.5, 0.6) is 5.75 Å². The zero-order valence-electron chi connectivity index (χ0n) is 12.2. The van der Waals surface area contributed by atoms with Gasteiger partial charge in [-0.1, -0.05) is 17.7 Å². The minimum absolute atomic E-state index is 0.433. The summed E-state index contributed by atoms with van der Waals surface area (Å²) in [4.78, 5) is 11.8. The third-order valence-corrected chi connectivity index (χ3v) is 4.56. The van der Waals surface area contributed by atoms with Gasteiger partial charge in [-0.15, -0.1) is 0 Å². The maximum absolute atomic E-state index is 12.5. The third kappa shape index (κ3) is 3.37. The summed E-state index contributed by atoms with van der Waals surface area (Å²) in [6.45, 7) is 1.98. The molecule has 0 amide bonds. The Morgan fingerprint density at radius 2 is 1.86 bits per heavy atom. The fraction of sp³-hybridized carbons (Fsp3) is 0.188. The Balaban J connectivity index is 2.28. The quantitative estimate of drug-likeness (QED) is 0.629. The normalized spacial score (nSPS) is 11.8. The lowest BCUT2D eigenvalue weighted by molar-refractivity contribution is 0.112. The number of aryl methyl sites for hydroxylation is 1. The second-order valence-electron chi connectivity index (χ2n) is 4.60. The summed E-state index contributed by atoms with van der Waals surface area (Å²) in [6.07, 6.45) is 0.727. The van der Waals surface area contributed by atoms with Crippen LogP contribution in [0.4, 0.5) is 5.69 Å². The molecule has 4 nitrogen and oxygen atoms in total. The molecule has 0 heterocycles. The number of hydrogen-bond acceptors (Lipinski definition) is 4. The Hall–Kier alpha value is -1.98. The number of anilines is 1. The van der Waals surface area contributed by atoms with Gasteiger partial charge in [0, 0.05) is 0 Å². The summed E-state index contributed by atoms with van der Waals surface area (Å²) >= 11 is -1.33. The van der Waals surface area contributed by atoms with Gasteiger partial charge in [0.25, 0.3) is 0 Å². The van der Waals surface area contributed by atoms with Crippen molar-refractivity contribution in [1.82, 2.24) is 0 Å². The molecule has 0 bridgehead atoms. The van der Waals surface area contributed by atoms with Crippen molar-refractivity contribution < 1.29 is 14.1 Å². The van der Waals surface area contributed by atoms with Crippen LogP contribution in [-0.4, -0.2) is 25.0 Å². The fourth-order valence-electron chi connectivity index (χ4n) is 1.92. The van der Waals surface area contributed by atoms with E-state index in [0.717, 1.165) is 11.8 Å². The lowest BCUT2D eigenvalue weighted by Gasteiger charge is -2.22. The summed E-state index contributed by atoms with van der Waals surface area (Å²) in [6, 6.07) is 12.7. The lowest BCUT2D eigenvalue weighted by atomic mass is 10.2. The highest BCUT2D eigenvalue weighted by Gasteiger charge is 2.20. The van der Waals surface area contributed by atoms with Crippen molar-refractivity contribution in [2.75, 3.05) is 18.5 Å². The van der Waals surface area contributed by atoms with Crippen LogP contribution < -0.4 is 9.04 Å². The third-order valence-electron chi connectivity index (χ3n) is 3.18. The Morgan fingerprint density at radius 3 is 2.43 bits per heavy atom. The van der Waals surface area contributed by atoms with Crippen molar-refractivity contribution in [1.29, 1.82) is 0 Å².